The highest BCUT2D eigenvalue weighted by molar-refractivity contribution is 5.85. The van der Waals surface area contributed by atoms with Crippen LogP contribution < -0.4 is 0 Å². The first-order valence-electron chi connectivity index (χ1n) is 11.5. The first kappa shape index (κ1) is 21.5. The third-order valence-corrected chi connectivity index (χ3v) is 6.92. The molecule has 2 heterocycles. The second-order valence-electron chi connectivity index (χ2n) is 9.44. The molecule has 2 amide bonds. The van der Waals surface area contributed by atoms with Gasteiger partial charge < -0.3 is 9.80 Å². The van der Waals surface area contributed by atoms with Crippen molar-refractivity contribution in [3.8, 4) is 11.1 Å². The van der Waals surface area contributed by atoms with Crippen molar-refractivity contribution in [3.63, 3.8) is 0 Å². The molecule has 0 bridgehead atoms. The monoisotopic (exact) mass is 419 g/mol. The molecule has 0 unspecified atom stereocenters. The summed E-state index contributed by atoms with van der Waals surface area (Å²) in [5, 5.41) is 0. The molecular formula is C26H33N3O2. The largest absolute Gasteiger partial charge is 0.348 e. The molecule has 2 fully saturated rings. The van der Waals surface area contributed by atoms with Crippen molar-refractivity contribution in [1.29, 1.82) is 0 Å². The molecule has 1 atom stereocenters. The van der Waals surface area contributed by atoms with E-state index in [4.69, 9.17) is 0 Å². The highest BCUT2D eigenvalue weighted by Gasteiger charge is 2.45. The quantitative estimate of drug-likeness (QED) is 0.731. The van der Waals surface area contributed by atoms with Crippen molar-refractivity contribution in [2.45, 2.75) is 44.9 Å². The summed E-state index contributed by atoms with van der Waals surface area (Å²) in [6, 6.07) is 12.4. The van der Waals surface area contributed by atoms with Gasteiger partial charge in [0, 0.05) is 45.5 Å². The highest BCUT2D eigenvalue weighted by atomic mass is 16.2. The van der Waals surface area contributed by atoms with E-state index in [1.165, 1.54) is 0 Å². The van der Waals surface area contributed by atoms with Crippen LogP contribution in [-0.2, 0) is 16.0 Å². The molecule has 5 nitrogen and oxygen atoms in total. The topological polar surface area (TPSA) is 53.5 Å². The van der Waals surface area contributed by atoms with Gasteiger partial charge in [-0.2, -0.15) is 0 Å². The van der Waals surface area contributed by atoms with Gasteiger partial charge in [0.05, 0.1) is 5.41 Å². The van der Waals surface area contributed by atoms with E-state index < -0.39 is 5.41 Å². The molecule has 1 aromatic heterocycles. The van der Waals surface area contributed by atoms with Gasteiger partial charge in [0.2, 0.25) is 11.8 Å². The van der Waals surface area contributed by atoms with Crippen LogP contribution in [0.25, 0.3) is 11.1 Å². The minimum absolute atomic E-state index is 0.128. The van der Waals surface area contributed by atoms with E-state index in [2.05, 4.69) is 35.3 Å². The Kier molecular flexibility index (Phi) is 6.40. The van der Waals surface area contributed by atoms with Crippen LogP contribution in [0.1, 0.15) is 44.1 Å². The van der Waals surface area contributed by atoms with Gasteiger partial charge in [-0.15, -0.1) is 0 Å². The van der Waals surface area contributed by atoms with Crippen molar-refractivity contribution in [1.82, 2.24) is 14.8 Å². The molecule has 5 heteroatoms. The second kappa shape index (κ2) is 9.21. The summed E-state index contributed by atoms with van der Waals surface area (Å²) >= 11 is 0. The molecule has 164 valence electrons. The summed E-state index contributed by atoms with van der Waals surface area (Å²) in [4.78, 5) is 34.5. The number of amides is 2. The Hall–Kier alpha value is -2.69. The molecule has 1 aliphatic heterocycles. The van der Waals surface area contributed by atoms with Crippen LogP contribution in [0.4, 0.5) is 0 Å². The van der Waals surface area contributed by atoms with Crippen molar-refractivity contribution < 1.29 is 9.59 Å². The van der Waals surface area contributed by atoms with Crippen molar-refractivity contribution in [2.75, 3.05) is 27.2 Å². The van der Waals surface area contributed by atoms with Crippen LogP contribution in [0.15, 0.2) is 48.8 Å². The molecular weight excluding hydrogens is 386 g/mol. The lowest BCUT2D eigenvalue weighted by Crippen LogP contribution is -2.55. The van der Waals surface area contributed by atoms with Crippen LogP contribution >= 0.6 is 0 Å². The Balaban J connectivity index is 1.61. The Morgan fingerprint density at radius 1 is 1.10 bits per heavy atom. The number of piperidine rings is 1. The van der Waals surface area contributed by atoms with Gasteiger partial charge >= 0.3 is 0 Å². The molecule has 4 rings (SSSR count). The number of rotatable bonds is 5. The standard InChI is InChI=1S/C26H33N3O2/c1-28(2)25(31)26(13-7-15-29(19-26)24(30)21-9-3-4-10-21)17-20-8-5-11-22(16-20)23-12-6-14-27-18-23/h5-6,8,11-12,14,16,18,21H,3-4,7,9-10,13,15,17,19H2,1-2H3/t26-/m1/s1. The van der Waals surface area contributed by atoms with Crippen molar-refractivity contribution in [3.05, 3.63) is 54.4 Å². The SMILES string of the molecule is CN(C)C(=O)[C@@]1(Cc2cccc(-c3cccnc3)c2)CCCN(C(=O)C2CCCC2)C1. The zero-order chi connectivity index (χ0) is 21.8. The number of nitrogens with zero attached hydrogens (tertiary/aromatic N) is 3. The summed E-state index contributed by atoms with van der Waals surface area (Å²) in [5.41, 5.74) is 2.74. The van der Waals surface area contributed by atoms with E-state index in [1.54, 1.807) is 11.1 Å². The van der Waals surface area contributed by atoms with Crippen molar-refractivity contribution in [2.24, 2.45) is 11.3 Å². The van der Waals surface area contributed by atoms with E-state index in [9.17, 15) is 9.59 Å². The molecule has 0 radical (unpaired) electrons. The van der Waals surface area contributed by atoms with Gasteiger partial charge in [0.15, 0.2) is 0 Å². The fourth-order valence-electron chi connectivity index (χ4n) is 5.40. The Bertz CT molecular complexity index is 921. The van der Waals surface area contributed by atoms with Gasteiger partial charge in [-0.05, 0) is 54.9 Å². The molecule has 2 aromatic rings. The molecule has 0 N–H and O–H groups in total. The van der Waals surface area contributed by atoms with Gasteiger partial charge in [-0.1, -0.05) is 43.2 Å². The number of pyridine rings is 1. The average Bonchev–Trinajstić information content (AvgIpc) is 3.34. The third-order valence-electron chi connectivity index (χ3n) is 6.92. The Morgan fingerprint density at radius 2 is 1.87 bits per heavy atom. The summed E-state index contributed by atoms with van der Waals surface area (Å²) in [6.45, 7) is 1.30. The van der Waals surface area contributed by atoms with Crippen molar-refractivity contribution >= 4 is 11.8 Å². The third kappa shape index (κ3) is 4.65. The maximum atomic E-state index is 13.4. The smallest absolute Gasteiger partial charge is 0.230 e. The molecule has 1 saturated heterocycles. The number of aromatic nitrogens is 1. The lowest BCUT2D eigenvalue weighted by molar-refractivity contribution is -0.148. The summed E-state index contributed by atoms with van der Waals surface area (Å²) in [6.07, 6.45) is 10.3. The maximum Gasteiger partial charge on any atom is 0.230 e. The van der Waals surface area contributed by atoms with Crippen LogP contribution in [-0.4, -0.2) is 53.8 Å². The Labute approximate surface area is 185 Å². The normalized spacial score (nSPS) is 21.8. The summed E-state index contributed by atoms with van der Waals surface area (Å²) in [5.74, 6) is 0.541. The molecule has 0 spiro atoms. The lowest BCUT2D eigenvalue weighted by atomic mass is 9.73. The highest BCUT2D eigenvalue weighted by Crippen LogP contribution is 2.38. The predicted octanol–water partition coefficient (Wildman–Crippen LogP) is 4.18. The zero-order valence-electron chi connectivity index (χ0n) is 18.7. The van der Waals surface area contributed by atoms with E-state index in [1.807, 2.05) is 31.3 Å². The van der Waals surface area contributed by atoms with E-state index >= 15 is 0 Å². The van der Waals surface area contributed by atoms with Crippen LogP contribution in [0.2, 0.25) is 0 Å². The Morgan fingerprint density at radius 3 is 2.58 bits per heavy atom. The molecule has 31 heavy (non-hydrogen) atoms. The van der Waals surface area contributed by atoms with Gasteiger partial charge in [-0.25, -0.2) is 0 Å². The molecule has 1 aromatic carbocycles. The lowest BCUT2D eigenvalue weighted by Gasteiger charge is -2.44. The van der Waals surface area contributed by atoms with E-state index in [0.29, 0.717) is 13.0 Å². The number of benzene rings is 1. The second-order valence-corrected chi connectivity index (χ2v) is 9.44. The average molecular weight is 420 g/mol. The van der Waals surface area contributed by atoms with E-state index in [0.717, 1.165) is 61.8 Å². The van der Waals surface area contributed by atoms with Gasteiger partial charge in [0.1, 0.15) is 0 Å². The van der Waals surface area contributed by atoms with Gasteiger partial charge in [-0.3, -0.25) is 14.6 Å². The number of hydrogen-bond donors (Lipinski definition) is 0. The zero-order valence-corrected chi connectivity index (χ0v) is 18.7. The van der Waals surface area contributed by atoms with Crippen LogP contribution in [0, 0.1) is 11.3 Å². The fraction of sp³-hybridized carbons (Fsp3) is 0.500. The minimum atomic E-state index is -0.566. The molecule has 1 aliphatic carbocycles. The summed E-state index contributed by atoms with van der Waals surface area (Å²) < 4.78 is 0. The van der Waals surface area contributed by atoms with E-state index in [-0.39, 0.29) is 17.7 Å². The number of carbonyl (C=O) groups excluding carboxylic acids is 2. The minimum Gasteiger partial charge on any atom is -0.348 e. The predicted molar refractivity (Wildman–Crippen MR) is 122 cm³/mol. The maximum absolute atomic E-state index is 13.4. The summed E-state index contributed by atoms with van der Waals surface area (Å²) in [7, 11) is 3.65. The first-order chi connectivity index (χ1) is 15.0. The number of likely N-dealkylation sites (tertiary alicyclic amines) is 1. The van der Waals surface area contributed by atoms with Crippen LogP contribution in [0.5, 0.6) is 0 Å². The van der Waals surface area contributed by atoms with Gasteiger partial charge in [0.25, 0.3) is 0 Å². The van der Waals surface area contributed by atoms with Crippen LogP contribution in [0.3, 0.4) is 0 Å². The molecule has 1 saturated carbocycles. The first-order valence-corrected chi connectivity index (χ1v) is 11.5. The molecule has 2 aliphatic rings. The number of carbonyl (C=O) groups is 2. The number of hydrogen-bond acceptors (Lipinski definition) is 3. The fourth-order valence-corrected chi connectivity index (χ4v) is 5.40.